The van der Waals surface area contributed by atoms with Crippen LogP contribution in [0.5, 0.6) is 5.75 Å². The third-order valence-corrected chi connectivity index (χ3v) is 2.41. The third-order valence-electron chi connectivity index (χ3n) is 2.17. The van der Waals surface area contributed by atoms with Crippen molar-refractivity contribution < 1.29 is 9.53 Å². The number of carbonyl (C=O) groups excluding carboxylic acids is 1. The highest BCUT2D eigenvalue weighted by Gasteiger charge is 2.14. The normalized spacial score (nSPS) is 11.4. The van der Waals surface area contributed by atoms with Crippen LogP contribution >= 0.6 is 11.6 Å². The molecule has 5 heteroatoms. The van der Waals surface area contributed by atoms with Crippen molar-refractivity contribution in [2.24, 2.45) is 5.73 Å². The summed E-state index contributed by atoms with van der Waals surface area (Å²) in [6.45, 7) is 2.34. The van der Waals surface area contributed by atoms with Crippen molar-refractivity contribution in [2.75, 3.05) is 11.9 Å². The number of hydrogen-bond acceptors (Lipinski definition) is 3. The van der Waals surface area contributed by atoms with Crippen molar-refractivity contribution in [3.8, 4) is 18.1 Å². The van der Waals surface area contributed by atoms with Gasteiger partial charge in [0, 0.05) is 11.4 Å². The Morgan fingerprint density at radius 2 is 2.39 bits per heavy atom. The minimum atomic E-state index is -0.747. The molecule has 18 heavy (non-hydrogen) atoms. The fourth-order valence-corrected chi connectivity index (χ4v) is 1.50. The topological polar surface area (TPSA) is 64.4 Å². The third kappa shape index (κ3) is 3.95. The van der Waals surface area contributed by atoms with Crippen molar-refractivity contribution in [1.29, 1.82) is 0 Å². The maximum absolute atomic E-state index is 11.7. The standard InChI is InChI=1S/C13H15ClN2O2/c1-3-5-10(15)13(17)16-11-8-9(14)6-7-12(11)18-4-2/h1,6-8,10H,4-5,15H2,2H3,(H,16,17). The molecule has 3 N–H and O–H groups in total. The molecule has 1 atom stereocenters. The highest BCUT2D eigenvalue weighted by atomic mass is 35.5. The van der Waals surface area contributed by atoms with Gasteiger partial charge >= 0.3 is 0 Å². The fourth-order valence-electron chi connectivity index (χ4n) is 1.33. The van der Waals surface area contributed by atoms with Gasteiger partial charge in [0.1, 0.15) is 5.75 Å². The van der Waals surface area contributed by atoms with E-state index >= 15 is 0 Å². The summed E-state index contributed by atoms with van der Waals surface area (Å²) < 4.78 is 5.38. The van der Waals surface area contributed by atoms with Crippen LogP contribution in [0, 0.1) is 12.3 Å². The smallest absolute Gasteiger partial charge is 0.242 e. The van der Waals surface area contributed by atoms with Crippen LogP contribution in [0.2, 0.25) is 5.02 Å². The number of carbonyl (C=O) groups is 1. The molecule has 1 aromatic carbocycles. The number of hydrogen-bond donors (Lipinski definition) is 2. The van der Waals surface area contributed by atoms with E-state index in [9.17, 15) is 4.79 Å². The number of benzene rings is 1. The first-order valence-corrected chi connectivity index (χ1v) is 5.88. The molecular formula is C13H15ClN2O2. The highest BCUT2D eigenvalue weighted by Crippen LogP contribution is 2.28. The molecule has 1 amide bonds. The molecule has 0 fully saturated rings. The lowest BCUT2D eigenvalue weighted by molar-refractivity contribution is -0.117. The lowest BCUT2D eigenvalue weighted by atomic mass is 10.2. The largest absolute Gasteiger partial charge is 0.492 e. The van der Waals surface area contributed by atoms with Gasteiger partial charge in [0.15, 0.2) is 0 Å². The molecule has 1 unspecified atom stereocenters. The second-order valence-electron chi connectivity index (χ2n) is 3.58. The van der Waals surface area contributed by atoms with Crippen LogP contribution in [0.4, 0.5) is 5.69 Å². The van der Waals surface area contributed by atoms with Gasteiger partial charge in [-0.05, 0) is 25.1 Å². The molecule has 0 aliphatic heterocycles. The molecule has 1 rings (SSSR count). The zero-order chi connectivity index (χ0) is 13.5. The van der Waals surface area contributed by atoms with E-state index in [1.165, 1.54) is 0 Å². The van der Waals surface area contributed by atoms with E-state index < -0.39 is 6.04 Å². The molecule has 0 aliphatic rings. The zero-order valence-electron chi connectivity index (χ0n) is 10.1. The van der Waals surface area contributed by atoms with Crippen LogP contribution in [0.25, 0.3) is 0 Å². The van der Waals surface area contributed by atoms with E-state index in [2.05, 4.69) is 11.2 Å². The first kappa shape index (κ1) is 14.4. The Hall–Kier alpha value is -1.70. The quantitative estimate of drug-likeness (QED) is 0.802. The van der Waals surface area contributed by atoms with Gasteiger partial charge in [-0.2, -0.15) is 0 Å². The van der Waals surface area contributed by atoms with Crippen molar-refractivity contribution in [3.05, 3.63) is 23.2 Å². The summed E-state index contributed by atoms with van der Waals surface area (Å²) in [6, 6.07) is 4.23. The summed E-state index contributed by atoms with van der Waals surface area (Å²) in [5.74, 6) is 2.52. The molecule has 0 radical (unpaired) electrons. The van der Waals surface area contributed by atoms with Gasteiger partial charge in [-0.25, -0.2) is 0 Å². The molecule has 4 nitrogen and oxygen atoms in total. The van der Waals surface area contributed by atoms with Gasteiger partial charge < -0.3 is 15.8 Å². The van der Waals surface area contributed by atoms with Gasteiger partial charge in [-0.15, -0.1) is 12.3 Å². The summed E-state index contributed by atoms with van der Waals surface area (Å²) in [5.41, 5.74) is 6.10. The molecule has 0 spiro atoms. The maximum Gasteiger partial charge on any atom is 0.242 e. The van der Waals surface area contributed by atoms with Crippen LogP contribution in [0.1, 0.15) is 13.3 Å². The van der Waals surface area contributed by atoms with E-state index in [-0.39, 0.29) is 12.3 Å². The number of rotatable bonds is 5. The van der Waals surface area contributed by atoms with Crippen LogP contribution < -0.4 is 15.8 Å². The molecule has 96 valence electrons. The number of amides is 1. The number of ether oxygens (including phenoxy) is 1. The number of halogens is 1. The summed E-state index contributed by atoms with van der Waals surface area (Å²) in [7, 11) is 0. The second kappa shape index (κ2) is 6.90. The Morgan fingerprint density at radius 1 is 1.67 bits per heavy atom. The predicted octanol–water partition coefficient (Wildman–Crippen LogP) is 2.03. The van der Waals surface area contributed by atoms with Gasteiger partial charge in [0.05, 0.1) is 18.3 Å². The molecule has 0 bridgehead atoms. The summed E-state index contributed by atoms with van der Waals surface area (Å²) in [6.07, 6.45) is 5.28. The van der Waals surface area contributed by atoms with Crippen LogP contribution in [-0.2, 0) is 4.79 Å². The van der Waals surface area contributed by atoms with Crippen molar-refractivity contribution in [3.63, 3.8) is 0 Å². The van der Waals surface area contributed by atoms with Crippen molar-refractivity contribution in [1.82, 2.24) is 0 Å². The number of nitrogens with two attached hydrogens (primary N) is 1. The Bertz CT molecular complexity index is 469. The van der Waals surface area contributed by atoms with E-state index in [1.54, 1.807) is 18.2 Å². The fraction of sp³-hybridized carbons (Fsp3) is 0.308. The second-order valence-corrected chi connectivity index (χ2v) is 4.01. The van der Waals surface area contributed by atoms with Crippen LogP contribution in [0.15, 0.2) is 18.2 Å². The van der Waals surface area contributed by atoms with Crippen LogP contribution in [0.3, 0.4) is 0 Å². The lowest BCUT2D eigenvalue weighted by Gasteiger charge is -2.14. The Balaban J connectivity index is 2.85. The SMILES string of the molecule is C#CCC(N)C(=O)Nc1cc(Cl)ccc1OCC. The Labute approximate surface area is 111 Å². The highest BCUT2D eigenvalue weighted by molar-refractivity contribution is 6.31. The molecule has 0 aliphatic carbocycles. The monoisotopic (exact) mass is 266 g/mol. The number of nitrogens with one attached hydrogen (secondary N) is 1. The van der Waals surface area contributed by atoms with Crippen LogP contribution in [-0.4, -0.2) is 18.6 Å². The molecule has 1 aromatic rings. The number of terminal acetylenes is 1. The van der Waals surface area contributed by atoms with E-state index in [0.717, 1.165) is 0 Å². The van der Waals surface area contributed by atoms with E-state index in [4.69, 9.17) is 28.5 Å². The minimum Gasteiger partial charge on any atom is -0.492 e. The minimum absolute atomic E-state index is 0.177. The maximum atomic E-state index is 11.7. The van der Waals surface area contributed by atoms with E-state index in [1.807, 2.05) is 6.92 Å². The molecule has 0 heterocycles. The predicted molar refractivity (Wildman–Crippen MR) is 72.7 cm³/mol. The zero-order valence-corrected chi connectivity index (χ0v) is 10.8. The molecular weight excluding hydrogens is 252 g/mol. The first-order valence-electron chi connectivity index (χ1n) is 5.50. The van der Waals surface area contributed by atoms with Gasteiger partial charge in [-0.1, -0.05) is 11.6 Å². The molecule has 0 saturated heterocycles. The lowest BCUT2D eigenvalue weighted by Crippen LogP contribution is -2.35. The summed E-state index contributed by atoms with van der Waals surface area (Å²) >= 11 is 5.87. The van der Waals surface area contributed by atoms with Crippen molar-refractivity contribution in [2.45, 2.75) is 19.4 Å². The van der Waals surface area contributed by atoms with Crippen molar-refractivity contribution >= 4 is 23.2 Å². The van der Waals surface area contributed by atoms with E-state index in [0.29, 0.717) is 23.1 Å². The molecule has 0 saturated carbocycles. The van der Waals surface area contributed by atoms with Gasteiger partial charge in [0.25, 0.3) is 0 Å². The molecule has 0 aromatic heterocycles. The summed E-state index contributed by atoms with van der Waals surface area (Å²) in [4.78, 5) is 11.7. The Morgan fingerprint density at radius 3 is 3.00 bits per heavy atom. The average Bonchev–Trinajstić information content (AvgIpc) is 2.33. The summed E-state index contributed by atoms with van der Waals surface area (Å²) in [5, 5.41) is 3.15. The van der Waals surface area contributed by atoms with Gasteiger partial charge in [0.2, 0.25) is 5.91 Å². The first-order chi connectivity index (χ1) is 8.58. The van der Waals surface area contributed by atoms with Gasteiger partial charge in [-0.3, -0.25) is 4.79 Å². The Kier molecular flexibility index (Phi) is 5.50. The number of anilines is 1. The average molecular weight is 267 g/mol.